The summed E-state index contributed by atoms with van der Waals surface area (Å²) in [6.45, 7) is 9.27. The molecular formula is C15H25N3O3S2. The third kappa shape index (κ3) is 4.45. The van der Waals surface area contributed by atoms with Crippen molar-refractivity contribution in [2.45, 2.75) is 43.9 Å². The molecule has 0 spiro atoms. The average Bonchev–Trinajstić information content (AvgIpc) is 2.95. The highest BCUT2D eigenvalue weighted by Crippen LogP contribution is 2.26. The fourth-order valence-electron chi connectivity index (χ4n) is 2.35. The minimum Gasteiger partial charge on any atom is -0.333 e. The van der Waals surface area contributed by atoms with Gasteiger partial charge in [0.05, 0.1) is 0 Å². The number of sulfonamides is 1. The van der Waals surface area contributed by atoms with Gasteiger partial charge in [0.2, 0.25) is 0 Å². The van der Waals surface area contributed by atoms with Gasteiger partial charge in [0.1, 0.15) is 4.21 Å². The first-order valence-corrected chi connectivity index (χ1v) is 10.0. The van der Waals surface area contributed by atoms with Crippen LogP contribution >= 0.6 is 11.3 Å². The highest BCUT2D eigenvalue weighted by atomic mass is 32.2. The highest BCUT2D eigenvalue weighted by molar-refractivity contribution is 7.91. The van der Waals surface area contributed by atoms with E-state index in [9.17, 15) is 13.2 Å². The van der Waals surface area contributed by atoms with Crippen molar-refractivity contribution in [2.24, 2.45) is 0 Å². The Balaban J connectivity index is 1.99. The van der Waals surface area contributed by atoms with E-state index in [-0.39, 0.29) is 11.6 Å². The zero-order valence-corrected chi connectivity index (χ0v) is 15.8. The van der Waals surface area contributed by atoms with Crippen molar-refractivity contribution in [2.75, 3.05) is 26.2 Å². The lowest BCUT2D eigenvalue weighted by molar-refractivity contribution is 0.165. The van der Waals surface area contributed by atoms with Crippen molar-refractivity contribution in [3.8, 4) is 0 Å². The Labute approximate surface area is 142 Å². The second-order valence-corrected chi connectivity index (χ2v) is 9.98. The van der Waals surface area contributed by atoms with Crippen LogP contribution in [-0.2, 0) is 16.4 Å². The molecule has 2 heterocycles. The van der Waals surface area contributed by atoms with Crippen LogP contribution in [-0.4, -0.2) is 55.4 Å². The van der Waals surface area contributed by atoms with Crippen LogP contribution in [0.1, 0.15) is 32.6 Å². The summed E-state index contributed by atoms with van der Waals surface area (Å²) in [6, 6.07) is 3.40. The molecule has 1 fully saturated rings. The van der Waals surface area contributed by atoms with Gasteiger partial charge in [0, 0.05) is 36.6 Å². The summed E-state index contributed by atoms with van der Waals surface area (Å²) in [6.07, 6.45) is 0.834. The normalized spacial score (nSPS) is 17.3. The van der Waals surface area contributed by atoms with Crippen molar-refractivity contribution < 1.29 is 13.2 Å². The molecule has 1 N–H and O–H groups in total. The van der Waals surface area contributed by atoms with E-state index >= 15 is 0 Å². The quantitative estimate of drug-likeness (QED) is 0.899. The van der Waals surface area contributed by atoms with Crippen LogP contribution in [0.25, 0.3) is 0 Å². The molecule has 2 amide bonds. The van der Waals surface area contributed by atoms with Gasteiger partial charge < -0.3 is 10.2 Å². The Morgan fingerprint density at radius 1 is 1.22 bits per heavy atom. The summed E-state index contributed by atoms with van der Waals surface area (Å²) in [7, 11) is -3.44. The number of rotatable bonds is 3. The number of carbonyl (C=O) groups excluding carboxylic acids is 1. The molecular weight excluding hydrogens is 334 g/mol. The predicted octanol–water partition coefficient (Wildman–Crippen LogP) is 2.12. The van der Waals surface area contributed by atoms with Crippen LogP contribution in [0.4, 0.5) is 4.79 Å². The Bertz CT molecular complexity index is 654. The monoisotopic (exact) mass is 359 g/mol. The molecule has 0 unspecified atom stereocenters. The van der Waals surface area contributed by atoms with Gasteiger partial charge in [-0.15, -0.1) is 11.3 Å². The van der Waals surface area contributed by atoms with Gasteiger partial charge in [0.25, 0.3) is 10.0 Å². The van der Waals surface area contributed by atoms with Crippen LogP contribution in [0, 0.1) is 0 Å². The van der Waals surface area contributed by atoms with Gasteiger partial charge in [-0.05, 0) is 39.3 Å². The lowest BCUT2D eigenvalue weighted by Crippen LogP contribution is -2.55. The number of hydrogen-bond acceptors (Lipinski definition) is 4. The summed E-state index contributed by atoms with van der Waals surface area (Å²) in [5, 5.41) is 2.91. The van der Waals surface area contributed by atoms with Crippen molar-refractivity contribution >= 4 is 27.4 Å². The van der Waals surface area contributed by atoms with E-state index in [1.807, 2.05) is 33.8 Å². The Kier molecular flexibility index (Phi) is 5.37. The lowest BCUT2D eigenvalue weighted by Gasteiger charge is -2.35. The molecule has 1 aromatic heterocycles. The van der Waals surface area contributed by atoms with E-state index in [4.69, 9.17) is 0 Å². The average molecular weight is 360 g/mol. The van der Waals surface area contributed by atoms with E-state index in [0.29, 0.717) is 30.4 Å². The summed E-state index contributed by atoms with van der Waals surface area (Å²) < 4.78 is 27.1. The first-order chi connectivity index (χ1) is 10.6. The first kappa shape index (κ1) is 18.2. The number of aryl methyl sites for hydroxylation is 1. The highest BCUT2D eigenvalue weighted by Gasteiger charge is 2.31. The number of urea groups is 1. The fourth-order valence-corrected chi connectivity index (χ4v) is 5.22. The summed E-state index contributed by atoms with van der Waals surface area (Å²) in [5.74, 6) is 0. The van der Waals surface area contributed by atoms with Crippen LogP contribution in [0.5, 0.6) is 0 Å². The maximum Gasteiger partial charge on any atom is 0.317 e. The Morgan fingerprint density at radius 2 is 1.83 bits per heavy atom. The number of hydrogen-bond donors (Lipinski definition) is 1. The number of nitrogens with zero attached hydrogens (tertiary/aromatic N) is 2. The lowest BCUT2D eigenvalue weighted by atomic mass is 10.1. The molecule has 0 atom stereocenters. The van der Waals surface area contributed by atoms with Gasteiger partial charge >= 0.3 is 6.03 Å². The van der Waals surface area contributed by atoms with Crippen LogP contribution in [0.2, 0.25) is 0 Å². The molecule has 2 rings (SSSR count). The Morgan fingerprint density at radius 3 is 2.30 bits per heavy atom. The van der Waals surface area contributed by atoms with Gasteiger partial charge in [-0.3, -0.25) is 0 Å². The van der Waals surface area contributed by atoms with Gasteiger partial charge in [-0.25, -0.2) is 13.2 Å². The maximum absolute atomic E-state index is 12.6. The van der Waals surface area contributed by atoms with E-state index in [2.05, 4.69) is 5.32 Å². The number of carbonyl (C=O) groups is 1. The smallest absolute Gasteiger partial charge is 0.317 e. The van der Waals surface area contributed by atoms with Crippen LogP contribution in [0.3, 0.4) is 0 Å². The molecule has 0 saturated carbocycles. The largest absolute Gasteiger partial charge is 0.333 e. The van der Waals surface area contributed by atoms with Gasteiger partial charge in [-0.1, -0.05) is 6.92 Å². The molecule has 0 radical (unpaired) electrons. The van der Waals surface area contributed by atoms with Gasteiger partial charge in [-0.2, -0.15) is 4.31 Å². The van der Waals surface area contributed by atoms with Crippen molar-refractivity contribution in [3.05, 3.63) is 17.0 Å². The van der Waals surface area contributed by atoms with Crippen molar-refractivity contribution in [3.63, 3.8) is 0 Å². The molecule has 6 nitrogen and oxygen atoms in total. The zero-order valence-electron chi connectivity index (χ0n) is 14.1. The SMILES string of the molecule is CCc1ccc(S(=O)(=O)N2CCN(C(=O)NC(C)(C)C)CC2)s1. The molecule has 1 aromatic rings. The molecule has 8 heteroatoms. The fraction of sp³-hybridized carbons (Fsp3) is 0.667. The van der Waals surface area contributed by atoms with Crippen LogP contribution in [0.15, 0.2) is 16.3 Å². The number of thiophene rings is 1. The van der Waals surface area contributed by atoms with E-state index in [0.717, 1.165) is 11.3 Å². The number of nitrogens with one attached hydrogen (secondary N) is 1. The summed E-state index contributed by atoms with van der Waals surface area (Å²) >= 11 is 1.33. The Hall–Kier alpha value is -1.12. The maximum atomic E-state index is 12.6. The molecule has 1 aliphatic heterocycles. The van der Waals surface area contributed by atoms with Crippen molar-refractivity contribution in [1.82, 2.24) is 14.5 Å². The molecule has 23 heavy (non-hydrogen) atoms. The van der Waals surface area contributed by atoms with Crippen LogP contribution < -0.4 is 5.32 Å². The van der Waals surface area contributed by atoms with Gasteiger partial charge in [0.15, 0.2) is 0 Å². The summed E-state index contributed by atoms with van der Waals surface area (Å²) in [5.41, 5.74) is -0.298. The molecule has 0 bridgehead atoms. The van der Waals surface area contributed by atoms with E-state index in [1.54, 1.807) is 11.0 Å². The predicted molar refractivity (Wildman–Crippen MR) is 92.3 cm³/mol. The zero-order chi connectivity index (χ0) is 17.3. The standard InChI is InChI=1S/C15H25N3O3S2/c1-5-12-6-7-13(22-12)23(20,21)18-10-8-17(9-11-18)14(19)16-15(2,3)4/h6-7H,5,8-11H2,1-4H3,(H,16,19). The molecule has 130 valence electrons. The first-order valence-electron chi connectivity index (χ1n) is 7.79. The molecule has 0 aliphatic carbocycles. The third-order valence-electron chi connectivity index (χ3n) is 3.59. The minimum absolute atomic E-state index is 0.140. The van der Waals surface area contributed by atoms with E-state index < -0.39 is 10.0 Å². The third-order valence-corrected chi connectivity index (χ3v) is 7.18. The number of amides is 2. The minimum atomic E-state index is -3.44. The summed E-state index contributed by atoms with van der Waals surface area (Å²) in [4.78, 5) is 14.9. The second-order valence-electron chi connectivity index (χ2n) is 6.65. The second kappa shape index (κ2) is 6.78. The molecule has 1 aliphatic rings. The number of piperazine rings is 1. The molecule has 0 aromatic carbocycles. The van der Waals surface area contributed by atoms with Crippen molar-refractivity contribution in [1.29, 1.82) is 0 Å². The topological polar surface area (TPSA) is 69.7 Å². The molecule has 1 saturated heterocycles. The van der Waals surface area contributed by atoms with E-state index in [1.165, 1.54) is 15.6 Å².